The SMILES string of the molecule is Cc1cnc(COc2cc(C)n(-c3cc(-c4nc(C(C)(C)O)ccc4C)ncc3C)c(=O)c2Br)c(F)c1. The van der Waals surface area contributed by atoms with Crippen LogP contribution in [0, 0.1) is 33.5 Å². The molecule has 0 amide bonds. The van der Waals surface area contributed by atoms with Gasteiger partial charge < -0.3 is 9.84 Å². The lowest BCUT2D eigenvalue weighted by Crippen LogP contribution is -2.23. The maximum atomic E-state index is 14.2. The summed E-state index contributed by atoms with van der Waals surface area (Å²) >= 11 is 3.37. The zero-order valence-electron chi connectivity index (χ0n) is 21.6. The van der Waals surface area contributed by atoms with Crippen LogP contribution in [0.15, 0.2) is 52.0 Å². The van der Waals surface area contributed by atoms with Crippen molar-refractivity contribution in [3.05, 3.63) is 97.1 Å². The Labute approximate surface area is 223 Å². The molecule has 0 aliphatic heterocycles. The smallest absolute Gasteiger partial charge is 0.273 e. The number of nitrogens with zero attached hydrogens (tertiary/aromatic N) is 4. The van der Waals surface area contributed by atoms with Crippen molar-refractivity contribution in [2.24, 2.45) is 0 Å². The van der Waals surface area contributed by atoms with Gasteiger partial charge >= 0.3 is 0 Å². The highest BCUT2D eigenvalue weighted by atomic mass is 79.9. The molecule has 0 saturated carbocycles. The van der Waals surface area contributed by atoms with Gasteiger partial charge in [-0.2, -0.15) is 0 Å². The molecule has 4 heterocycles. The van der Waals surface area contributed by atoms with Crippen molar-refractivity contribution in [3.63, 3.8) is 0 Å². The van der Waals surface area contributed by atoms with E-state index < -0.39 is 11.4 Å². The second kappa shape index (κ2) is 10.1. The van der Waals surface area contributed by atoms with Crippen molar-refractivity contribution in [1.82, 2.24) is 19.5 Å². The van der Waals surface area contributed by atoms with Gasteiger partial charge in [0.2, 0.25) is 0 Å². The lowest BCUT2D eigenvalue weighted by molar-refractivity contribution is 0.0739. The highest BCUT2D eigenvalue weighted by Crippen LogP contribution is 2.29. The molecule has 1 N–H and O–H groups in total. The van der Waals surface area contributed by atoms with Crippen LogP contribution >= 0.6 is 15.9 Å². The average Bonchev–Trinajstić information content (AvgIpc) is 2.82. The van der Waals surface area contributed by atoms with Crippen LogP contribution < -0.4 is 10.3 Å². The fourth-order valence-electron chi connectivity index (χ4n) is 3.91. The number of rotatable bonds is 6. The van der Waals surface area contributed by atoms with Crippen LogP contribution in [0.4, 0.5) is 4.39 Å². The standard InChI is InChI=1S/C28H28BrFN4O3/c1-15-9-19(30)21(31-12-15)14-37-23-10-18(4)34(27(35)25(23)29)22-11-20(32-13-17(22)3)26-16(2)7-8-24(33-26)28(5,6)36/h7-13,36H,14H2,1-6H3. The summed E-state index contributed by atoms with van der Waals surface area (Å²) in [4.78, 5) is 26.8. The molecule has 7 nitrogen and oxygen atoms in total. The van der Waals surface area contributed by atoms with E-state index in [0.29, 0.717) is 39.8 Å². The van der Waals surface area contributed by atoms with E-state index in [4.69, 9.17) is 4.74 Å². The molecule has 0 aromatic carbocycles. The summed E-state index contributed by atoms with van der Waals surface area (Å²) in [7, 11) is 0. The number of hydrogen-bond donors (Lipinski definition) is 1. The first-order valence-electron chi connectivity index (χ1n) is 11.7. The molecule has 0 aliphatic carbocycles. The Morgan fingerprint density at radius 3 is 2.46 bits per heavy atom. The first-order chi connectivity index (χ1) is 17.4. The first kappa shape index (κ1) is 26.6. The highest BCUT2D eigenvalue weighted by Gasteiger charge is 2.21. The number of aromatic nitrogens is 4. The second-order valence-electron chi connectivity index (χ2n) is 9.61. The van der Waals surface area contributed by atoms with Crippen molar-refractivity contribution in [2.75, 3.05) is 0 Å². The minimum Gasteiger partial charge on any atom is -0.486 e. The van der Waals surface area contributed by atoms with E-state index in [0.717, 1.165) is 11.1 Å². The molecule has 4 rings (SSSR count). The monoisotopic (exact) mass is 566 g/mol. The molecule has 0 radical (unpaired) electrons. The molecule has 0 aliphatic rings. The van der Waals surface area contributed by atoms with Crippen LogP contribution in [-0.4, -0.2) is 24.6 Å². The lowest BCUT2D eigenvalue weighted by atomic mass is 10.0. The summed E-state index contributed by atoms with van der Waals surface area (Å²) in [6.45, 7) is 10.6. The summed E-state index contributed by atoms with van der Waals surface area (Å²) in [6, 6.07) is 8.60. The summed E-state index contributed by atoms with van der Waals surface area (Å²) in [6.07, 6.45) is 3.26. The Hall–Kier alpha value is -3.43. The van der Waals surface area contributed by atoms with E-state index in [-0.39, 0.29) is 22.3 Å². The van der Waals surface area contributed by atoms with Gasteiger partial charge in [-0.1, -0.05) is 6.07 Å². The van der Waals surface area contributed by atoms with Gasteiger partial charge in [0.25, 0.3) is 5.56 Å². The van der Waals surface area contributed by atoms with E-state index in [2.05, 4.69) is 30.9 Å². The Kier molecular flexibility index (Phi) is 7.30. The summed E-state index contributed by atoms with van der Waals surface area (Å²) in [5.41, 5.74) is 4.09. The molecule has 37 heavy (non-hydrogen) atoms. The molecule has 4 aromatic rings. The summed E-state index contributed by atoms with van der Waals surface area (Å²) in [5.74, 6) is -0.165. The highest BCUT2D eigenvalue weighted by molar-refractivity contribution is 9.10. The topological polar surface area (TPSA) is 90.1 Å². The zero-order valence-corrected chi connectivity index (χ0v) is 23.1. The Bertz CT molecular complexity index is 1560. The van der Waals surface area contributed by atoms with Gasteiger partial charge in [-0.25, -0.2) is 9.37 Å². The van der Waals surface area contributed by atoms with E-state index in [1.807, 2.05) is 26.0 Å². The molecule has 0 fully saturated rings. The molecular formula is C28H28BrFN4O3. The molecule has 0 unspecified atom stereocenters. The number of pyridine rings is 4. The Morgan fingerprint density at radius 2 is 1.78 bits per heavy atom. The predicted octanol–water partition coefficient (Wildman–Crippen LogP) is 5.63. The van der Waals surface area contributed by atoms with Crippen LogP contribution in [0.3, 0.4) is 0 Å². The van der Waals surface area contributed by atoms with E-state index >= 15 is 0 Å². The predicted molar refractivity (Wildman–Crippen MR) is 143 cm³/mol. The molecule has 9 heteroatoms. The van der Waals surface area contributed by atoms with Crippen LogP contribution in [0.2, 0.25) is 0 Å². The van der Waals surface area contributed by atoms with Gasteiger partial charge in [0.05, 0.1) is 22.8 Å². The number of halogens is 2. The largest absolute Gasteiger partial charge is 0.486 e. The van der Waals surface area contributed by atoms with Gasteiger partial charge in [-0.15, -0.1) is 0 Å². The van der Waals surface area contributed by atoms with Gasteiger partial charge in [0.1, 0.15) is 33.9 Å². The molecular weight excluding hydrogens is 539 g/mol. The number of hydrogen-bond acceptors (Lipinski definition) is 6. The third-order valence-corrected chi connectivity index (χ3v) is 6.73. The van der Waals surface area contributed by atoms with Crippen molar-refractivity contribution in [2.45, 2.75) is 53.8 Å². The van der Waals surface area contributed by atoms with E-state index in [1.165, 1.54) is 6.07 Å². The van der Waals surface area contributed by atoms with E-state index in [9.17, 15) is 14.3 Å². The number of aliphatic hydroxyl groups is 1. The average molecular weight is 567 g/mol. The van der Waals surface area contributed by atoms with Gasteiger partial charge in [0, 0.05) is 24.2 Å². The molecule has 4 aromatic heterocycles. The number of ether oxygens (including phenoxy) is 1. The first-order valence-corrected chi connectivity index (χ1v) is 12.5. The summed E-state index contributed by atoms with van der Waals surface area (Å²) in [5, 5.41) is 10.4. The van der Waals surface area contributed by atoms with Crippen molar-refractivity contribution < 1.29 is 14.2 Å². The minimum atomic E-state index is -1.11. The van der Waals surface area contributed by atoms with E-state index in [1.54, 1.807) is 56.8 Å². The Morgan fingerprint density at radius 1 is 1.05 bits per heavy atom. The van der Waals surface area contributed by atoms with Gasteiger partial charge in [0.15, 0.2) is 0 Å². The molecule has 0 spiro atoms. The van der Waals surface area contributed by atoms with Crippen LogP contribution in [0.5, 0.6) is 5.75 Å². The number of aryl methyl sites for hydroxylation is 4. The fourth-order valence-corrected chi connectivity index (χ4v) is 4.32. The fraction of sp³-hybridized carbons (Fsp3) is 0.286. The maximum Gasteiger partial charge on any atom is 0.273 e. The summed E-state index contributed by atoms with van der Waals surface area (Å²) < 4.78 is 21.7. The normalized spacial score (nSPS) is 11.6. The third kappa shape index (κ3) is 5.47. The van der Waals surface area contributed by atoms with Crippen molar-refractivity contribution >= 4 is 15.9 Å². The van der Waals surface area contributed by atoms with Crippen LogP contribution in [-0.2, 0) is 12.2 Å². The quantitative estimate of drug-likeness (QED) is 0.325. The second-order valence-corrected chi connectivity index (χ2v) is 10.4. The zero-order chi connectivity index (χ0) is 27.1. The van der Waals surface area contributed by atoms with Gasteiger partial charge in [-0.3, -0.25) is 19.3 Å². The van der Waals surface area contributed by atoms with Crippen molar-refractivity contribution in [3.8, 4) is 22.8 Å². The molecule has 192 valence electrons. The molecule has 0 bridgehead atoms. The third-order valence-electron chi connectivity index (χ3n) is 6.00. The maximum absolute atomic E-state index is 14.2. The molecule has 0 saturated heterocycles. The molecule has 0 atom stereocenters. The van der Waals surface area contributed by atoms with Crippen molar-refractivity contribution in [1.29, 1.82) is 0 Å². The van der Waals surface area contributed by atoms with Crippen LogP contribution in [0.1, 0.15) is 47.6 Å². The van der Waals surface area contributed by atoms with Gasteiger partial charge in [-0.05, 0) is 92.4 Å². The lowest BCUT2D eigenvalue weighted by Gasteiger charge is -2.19. The Balaban J connectivity index is 1.75. The minimum absolute atomic E-state index is 0.117. The van der Waals surface area contributed by atoms with Crippen LogP contribution in [0.25, 0.3) is 17.1 Å².